The maximum atomic E-state index is 5.44. The molecule has 0 radical (unpaired) electrons. The average Bonchev–Trinajstić information content (AvgIpc) is 2.49. The summed E-state index contributed by atoms with van der Waals surface area (Å²) in [6, 6.07) is 13.0. The van der Waals surface area contributed by atoms with Crippen LogP contribution in [0.5, 0.6) is 5.75 Å². The van der Waals surface area contributed by atoms with Crippen molar-refractivity contribution in [2.24, 2.45) is 0 Å². The molecule has 2 heteroatoms. The van der Waals surface area contributed by atoms with Crippen LogP contribution < -0.4 is 10.1 Å². The summed E-state index contributed by atoms with van der Waals surface area (Å²) in [4.78, 5) is 0. The van der Waals surface area contributed by atoms with Gasteiger partial charge in [0.15, 0.2) is 0 Å². The smallest absolute Gasteiger partial charge is 0.123 e. The molecule has 0 aliphatic rings. The van der Waals surface area contributed by atoms with Gasteiger partial charge in [-0.2, -0.15) is 0 Å². The van der Waals surface area contributed by atoms with Gasteiger partial charge in [-0.3, -0.25) is 0 Å². The minimum absolute atomic E-state index is 0.252. The molecular weight excluding hydrogens is 258 g/mol. The number of methoxy groups -OCH3 is 1. The van der Waals surface area contributed by atoms with E-state index < -0.39 is 0 Å². The fraction of sp³-hybridized carbons (Fsp3) is 0.368. The number of rotatable bonds is 5. The highest BCUT2D eigenvalue weighted by molar-refractivity contribution is 5.38. The molecule has 0 bridgehead atoms. The maximum Gasteiger partial charge on any atom is 0.123 e. The van der Waals surface area contributed by atoms with Crippen molar-refractivity contribution < 1.29 is 4.74 Å². The highest BCUT2D eigenvalue weighted by Crippen LogP contribution is 2.25. The summed E-state index contributed by atoms with van der Waals surface area (Å²) in [7, 11) is 1.72. The minimum Gasteiger partial charge on any atom is -0.496 e. The van der Waals surface area contributed by atoms with Crippen LogP contribution in [0.15, 0.2) is 36.4 Å². The van der Waals surface area contributed by atoms with Gasteiger partial charge >= 0.3 is 0 Å². The molecule has 1 atom stereocenters. The van der Waals surface area contributed by atoms with Crippen molar-refractivity contribution in [1.82, 2.24) is 5.32 Å². The molecule has 0 spiro atoms. The molecule has 0 aliphatic heterocycles. The van der Waals surface area contributed by atoms with Gasteiger partial charge in [-0.05, 0) is 56.0 Å². The molecule has 112 valence electrons. The second kappa shape index (κ2) is 6.77. The van der Waals surface area contributed by atoms with E-state index in [2.05, 4.69) is 57.3 Å². The fourth-order valence-corrected chi connectivity index (χ4v) is 2.61. The zero-order valence-corrected chi connectivity index (χ0v) is 13.7. The number of nitrogens with one attached hydrogen (secondary N) is 1. The Morgan fingerprint density at radius 2 is 1.67 bits per heavy atom. The monoisotopic (exact) mass is 283 g/mol. The second-order valence-corrected chi connectivity index (χ2v) is 5.71. The lowest BCUT2D eigenvalue weighted by Crippen LogP contribution is -2.19. The molecule has 0 aliphatic carbocycles. The first-order valence-electron chi connectivity index (χ1n) is 7.46. The molecule has 0 aromatic heterocycles. The van der Waals surface area contributed by atoms with Crippen LogP contribution in [0.1, 0.15) is 40.8 Å². The third-order valence-electron chi connectivity index (χ3n) is 4.16. The Bertz CT molecular complexity index is 619. The first-order valence-corrected chi connectivity index (χ1v) is 7.46. The molecule has 0 amide bonds. The predicted molar refractivity (Wildman–Crippen MR) is 88.9 cm³/mol. The Hall–Kier alpha value is -1.80. The molecule has 0 saturated carbocycles. The Balaban J connectivity index is 2.11. The summed E-state index contributed by atoms with van der Waals surface area (Å²) in [5.41, 5.74) is 6.61. The van der Waals surface area contributed by atoms with E-state index in [0.717, 1.165) is 12.3 Å². The molecule has 0 fully saturated rings. The van der Waals surface area contributed by atoms with Gasteiger partial charge in [-0.1, -0.05) is 30.3 Å². The van der Waals surface area contributed by atoms with Crippen LogP contribution in [0.2, 0.25) is 0 Å². The normalized spacial score (nSPS) is 12.2. The molecule has 0 unspecified atom stereocenters. The van der Waals surface area contributed by atoms with Crippen LogP contribution in [0.25, 0.3) is 0 Å². The van der Waals surface area contributed by atoms with Crippen molar-refractivity contribution in [1.29, 1.82) is 0 Å². The molecule has 2 aromatic carbocycles. The summed E-state index contributed by atoms with van der Waals surface area (Å²) in [5, 5.41) is 3.60. The minimum atomic E-state index is 0.252. The van der Waals surface area contributed by atoms with Crippen LogP contribution >= 0.6 is 0 Å². The first kappa shape index (κ1) is 15.6. The lowest BCUT2D eigenvalue weighted by Gasteiger charge is -2.18. The van der Waals surface area contributed by atoms with Gasteiger partial charge in [0, 0.05) is 18.2 Å². The van der Waals surface area contributed by atoms with Crippen LogP contribution in [0.4, 0.5) is 0 Å². The summed E-state index contributed by atoms with van der Waals surface area (Å²) in [6.07, 6.45) is 0. The van der Waals surface area contributed by atoms with Crippen LogP contribution in [-0.2, 0) is 6.54 Å². The summed E-state index contributed by atoms with van der Waals surface area (Å²) < 4.78 is 5.44. The first-order chi connectivity index (χ1) is 10.0. The van der Waals surface area contributed by atoms with Gasteiger partial charge in [-0.15, -0.1) is 0 Å². The second-order valence-electron chi connectivity index (χ2n) is 5.71. The van der Waals surface area contributed by atoms with Gasteiger partial charge in [0.1, 0.15) is 5.75 Å². The van der Waals surface area contributed by atoms with Gasteiger partial charge in [0.2, 0.25) is 0 Å². The Kier molecular flexibility index (Phi) is 5.03. The maximum absolute atomic E-state index is 5.44. The highest BCUT2D eigenvalue weighted by atomic mass is 16.5. The summed E-state index contributed by atoms with van der Waals surface area (Å²) >= 11 is 0. The number of hydrogen-bond donors (Lipinski definition) is 1. The largest absolute Gasteiger partial charge is 0.496 e. The fourth-order valence-electron chi connectivity index (χ4n) is 2.61. The number of para-hydroxylation sites is 1. The summed E-state index contributed by atoms with van der Waals surface area (Å²) in [5.74, 6) is 0.939. The van der Waals surface area contributed by atoms with Crippen LogP contribution in [0.3, 0.4) is 0 Å². The third-order valence-corrected chi connectivity index (χ3v) is 4.16. The standard InChI is InChI=1S/C19H25NO/c1-13-10-15(3)17(11-14(13)2)12-20-16(4)18-8-6-7-9-19(18)21-5/h6-11,16,20H,12H2,1-5H3/t16-/m1/s1. The van der Waals surface area contributed by atoms with Gasteiger partial charge in [-0.25, -0.2) is 0 Å². The van der Waals surface area contributed by atoms with Crippen molar-refractivity contribution in [2.45, 2.75) is 40.3 Å². The predicted octanol–water partition coefficient (Wildman–Crippen LogP) is 4.47. The van der Waals surface area contributed by atoms with Gasteiger partial charge < -0.3 is 10.1 Å². The molecule has 0 heterocycles. The van der Waals surface area contributed by atoms with E-state index in [9.17, 15) is 0 Å². The van der Waals surface area contributed by atoms with E-state index in [1.54, 1.807) is 7.11 Å². The lowest BCUT2D eigenvalue weighted by molar-refractivity contribution is 0.401. The molecule has 2 nitrogen and oxygen atoms in total. The van der Waals surface area contributed by atoms with Crippen LogP contribution in [-0.4, -0.2) is 7.11 Å². The zero-order valence-electron chi connectivity index (χ0n) is 13.7. The number of hydrogen-bond acceptors (Lipinski definition) is 2. The molecule has 21 heavy (non-hydrogen) atoms. The van der Waals surface area contributed by atoms with E-state index in [0.29, 0.717) is 0 Å². The molecule has 1 N–H and O–H groups in total. The summed E-state index contributed by atoms with van der Waals surface area (Å²) in [6.45, 7) is 9.55. The molecule has 0 saturated heterocycles. The van der Waals surface area contributed by atoms with Crippen molar-refractivity contribution >= 4 is 0 Å². The van der Waals surface area contributed by atoms with E-state index in [-0.39, 0.29) is 6.04 Å². The lowest BCUT2D eigenvalue weighted by atomic mass is 10.00. The van der Waals surface area contributed by atoms with E-state index >= 15 is 0 Å². The van der Waals surface area contributed by atoms with Crippen molar-refractivity contribution in [3.05, 3.63) is 64.2 Å². The SMILES string of the molecule is COc1ccccc1[C@@H](C)NCc1cc(C)c(C)cc1C. The molecule has 2 aromatic rings. The average molecular weight is 283 g/mol. The van der Waals surface area contributed by atoms with Crippen molar-refractivity contribution in [3.8, 4) is 5.75 Å². The molecular formula is C19H25NO. The topological polar surface area (TPSA) is 21.3 Å². The van der Waals surface area contributed by atoms with Crippen molar-refractivity contribution in [3.63, 3.8) is 0 Å². The number of benzene rings is 2. The van der Waals surface area contributed by atoms with E-state index in [1.165, 1.54) is 27.8 Å². The Morgan fingerprint density at radius 3 is 2.38 bits per heavy atom. The third kappa shape index (κ3) is 3.64. The van der Waals surface area contributed by atoms with Gasteiger partial charge in [0.05, 0.1) is 7.11 Å². The quantitative estimate of drug-likeness (QED) is 0.874. The van der Waals surface area contributed by atoms with Gasteiger partial charge in [0.25, 0.3) is 0 Å². The zero-order chi connectivity index (χ0) is 15.4. The number of ether oxygens (including phenoxy) is 1. The molecule has 2 rings (SSSR count). The number of aryl methyl sites for hydroxylation is 3. The Morgan fingerprint density at radius 1 is 1.00 bits per heavy atom. The van der Waals surface area contributed by atoms with E-state index in [1.807, 2.05) is 12.1 Å². The van der Waals surface area contributed by atoms with Crippen LogP contribution in [0, 0.1) is 20.8 Å². The van der Waals surface area contributed by atoms with Crippen molar-refractivity contribution in [2.75, 3.05) is 7.11 Å². The van der Waals surface area contributed by atoms with E-state index in [4.69, 9.17) is 4.74 Å². The highest BCUT2D eigenvalue weighted by Gasteiger charge is 2.11. The Labute approximate surface area is 128 Å².